The Balaban J connectivity index is 1.87. The Hall–Kier alpha value is -1.88. The van der Waals surface area contributed by atoms with Gasteiger partial charge in [0.1, 0.15) is 5.69 Å². The molecule has 0 radical (unpaired) electrons. The van der Waals surface area contributed by atoms with Crippen molar-refractivity contribution in [1.82, 2.24) is 10.5 Å². The summed E-state index contributed by atoms with van der Waals surface area (Å²) in [6.45, 7) is 1.14. The molecule has 2 aromatic rings. The molecule has 1 aliphatic rings. The van der Waals surface area contributed by atoms with E-state index in [1.807, 2.05) is 0 Å². The van der Waals surface area contributed by atoms with E-state index in [1.165, 1.54) is 19.1 Å². The molecule has 2 unspecified atom stereocenters. The van der Waals surface area contributed by atoms with Crippen LogP contribution in [0, 0.1) is 18.8 Å². The van der Waals surface area contributed by atoms with Gasteiger partial charge in [0.15, 0.2) is 5.78 Å². The number of hydrogen-bond donors (Lipinski definition) is 1. The fourth-order valence-electron chi connectivity index (χ4n) is 3.13. The Bertz CT molecular complexity index is 839. The van der Waals surface area contributed by atoms with Gasteiger partial charge in [0, 0.05) is 18.0 Å². The topological polar surface area (TPSA) is 55.1 Å². The summed E-state index contributed by atoms with van der Waals surface area (Å²) in [7, 11) is 0. The second-order valence-corrected chi connectivity index (χ2v) is 7.34. The fourth-order valence-corrected chi connectivity index (χ4v) is 4.17. The van der Waals surface area contributed by atoms with Crippen LogP contribution in [-0.2, 0) is 6.18 Å². The molecule has 11 heteroatoms. The lowest BCUT2D eigenvalue weighted by molar-refractivity contribution is -0.186. The molecule has 1 aliphatic heterocycles. The van der Waals surface area contributed by atoms with Crippen LogP contribution in [0.2, 0.25) is 0 Å². The summed E-state index contributed by atoms with van der Waals surface area (Å²) in [6.07, 6.45) is -9.18. The van der Waals surface area contributed by atoms with E-state index in [0.717, 1.165) is 11.3 Å². The minimum absolute atomic E-state index is 0.0391. The number of carbonyl (C=O) groups excluding carboxylic acids is 1. The van der Waals surface area contributed by atoms with Crippen LogP contribution in [0.5, 0.6) is 0 Å². The van der Waals surface area contributed by atoms with Gasteiger partial charge < -0.3 is 9.84 Å². The van der Waals surface area contributed by atoms with Gasteiger partial charge in [-0.15, -0.1) is 11.3 Å². The van der Waals surface area contributed by atoms with Gasteiger partial charge in [-0.25, -0.2) is 0 Å². The minimum Gasteiger partial charge on any atom is -0.351 e. The highest BCUT2D eigenvalue weighted by atomic mass is 32.1. The van der Waals surface area contributed by atoms with E-state index in [2.05, 4.69) is 15.0 Å². The lowest BCUT2D eigenvalue weighted by atomic mass is 9.82. The van der Waals surface area contributed by atoms with Crippen molar-refractivity contribution in [1.29, 1.82) is 0 Å². The largest absolute Gasteiger partial charge is 0.452 e. The average molecular weight is 412 g/mol. The number of ketones is 1. The molecule has 1 N–H and O–H groups in total. The molecular weight excluding hydrogens is 398 g/mol. The molecular formula is C16H14F6N2O2S. The van der Waals surface area contributed by atoms with Gasteiger partial charge in [-0.1, -0.05) is 5.16 Å². The van der Waals surface area contributed by atoms with Crippen molar-refractivity contribution in [3.63, 3.8) is 0 Å². The molecule has 0 spiro atoms. The molecule has 1 saturated heterocycles. The zero-order chi connectivity index (χ0) is 20.0. The van der Waals surface area contributed by atoms with Crippen LogP contribution in [0.15, 0.2) is 16.7 Å². The molecule has 27 heavy (non-hydrogen) atoms. The summed E-state index contributed by atoms with van der Waals surface area (Å²) in [5, 5.41) is 6.04. The van der Waals surface area contributed by atoms with Crippen LogP contribution in [0.3, 0.4) is 0 Å². The van der Waals surface area contributed by atoms with E-state index in [-0.39, 0.29) is 34.0 Å². The van der Waals surface area contributed by atoms with Crippen LogP contribution in [0.1, 0.15) is 27.4 Å². The van der Waals surface area contributed by atoms with E-state index < -0.39 is 35.7 Å². The average Bonchev–Trinajstić information content (AvgIpc) is 3.19. The summed E-state index contributed by atoms with van der Waals surface area (Å²) in [5.41, 5.74) is -0.317. The minimum atomic E-state index is -4.71. The standard InChI is InChI=1S/C16H14F6N2O2S/c1-7-12(24-26-14(7)16(20,21)22)10-2-3-11(27-10)13(25)8-4-5-23-6-9(8)15(17,18)19/h2-3,8-9,23H,4-6H2,1H3. The van der Waals surface area contributed by atoms with Gasteiger partial charge >= 0.3 is 12.4 Å². The van der Waals surface area contributed by atoms with Gasteiger partial charge in [0.05, 0.1) is 15.7 Å². The molecule has 0 aliphatic carbocycles. The van der Waals surface area contributed by atoms with E-state index >= 15 is 0 Å². The number of halogens is 6. The number of Topliss-reactive ketones (excluding diaryl/α,β-unsaturated/α-hetero) is 1. The predicted octanol–water partition coefficient (Wildman–Crippen LogP) is 4.70. The van der Waals surface area contributed by atoms with Gasteiger partial charge in [0.25, 0.3) is 0 Å². The molecule has 0 aromatic carbocycles. The zero-order valence-electron chi connectivity index (χ0n) is 13.9. The third-order valence-corrected chi connectivity index (χ3v) is 5.61. The molecule has 1 fully saturated rings. The number of alkyl halides is 6. The Morgan fingerprint density at radius 1 is 1.26 bits per heavy atom. The fraction of sp³-hybridized carbons (Fsp3) is 0.500. The number of nitrogens with one attached hydrogen (secondary N) is 1. The number of thiophene rings is 1. The zero-order valence-corrected chi connectivity index (χ0v) is 14.7. The van der Waals surface area contributed by atoms with Crippen molar-refractivity contribution in [2.24, 2.45) is 11.8 Å². The van der Waals surface area contributed by atoms with E-state index in [0.29, 0.717) is 6.54 Å². The number of aromatic nitrogens is 1. The van der Waals surface area contributed by atoms with Crippen molar-refractivity contribution in [3.05, 3.63) is 28.3 Å². The third-order valence-electron chi connectivity index (χ3n) is 4.50. The smallest absolute Gasteiger partial charge is 0.351 e. The highest BCUT2D eigenvalue weighted by molar-refractivity contribution is 7.17. The first-order chi connectivity index (χ1) is 12.5. The lowest BCUT2D eigenvalue weighted by Crippen LogP contribution is -2.47. The summed E-state index contributed by atoms with van der Waals surface area (Å²) in [5.74, 6) is -4.92. The number of piperidine rings is 1. The molecule has 2 aromatic heterocycles. The van der Waals surface area contributed by atoms with Crippen LogP contribution in [-0.4, -0.2) is 30.2 Å². The van der Waals surface area contributed by atoms with Crippen LogP contribution >= 0.6 is 11.3 Å². The molecule has 0 bridgehead atoms. The summed E-state index contributed by atoms with van der Waals surface area (Å²) in [6, 6.07) is 2.69. The lowest BCUT2D eigenvalue weighted by Gasteiger charge is -2.32. The molecule has 3 heterocycles. The SMILES string of the molecule is Cc1c(-c2ccc(C(=O)C3CCNCC3C(F)(F)F)s2)noc1C(F)(F)F. The van der Waals surface area contributed by atoms with Crippen LogP contribution < -0.4 is 5.32 Å². The van der Waals surface area contributed by atoms with Gasteiger partial charge in [-0.05, 0) is 32.0 Å². The van der Waals surface area contributed by atoms with E-state index in [9.17, 15) is 31.1 Å². The maximum atomic E-state index is 13.2. The van der Waals surface area contributed by atoms with Crippen molar-refractivity contribution < 1.29 is 35.7 Å². The quantitative estimate of drug-likeness (QED) is 0.587. The first-order valence-electron chi connectivity index (χ1n) is 7.95. The second kappa shape index (κ2) is 6.93. The molecule has 0 amide bonds. The van der Waals surface area contributed by atoms with Crippen LogP contribution in [0.25, 0.3) is 10.6 Å². The van der Waals surface area contributed by atoms with Crippen molar-refractivity contribution in [2.45, 2.75) is 25.7 Å². The van der Waals surface area contributed by atoms with Gasteiger partial charge in [-0.2, -0.15) is 26.3 Å². The number of nitrogens with zero attached hydrogens (tertiary/aromatic N) is 1. The molecule has 2 atom stereocenters. The Morgan fingerprint density at radius 2 is 1.96 bits per heavy atom. The maximum absolute atomic E-state index is 13.2. The third kappa shape index (κ3) is 3.88. The summed E-state index contributed by atoms with van der Waals surface area (Å²) < 4.78 is 82.3. The highest BCUT2D eigenvalue weighted by Gasteiger charge is 2.48. The summed E-state index contributed by atoms with van der Waals surface area (Å²) in [4.78, 5) is 12.9. The van der Waals surface area contributed by atoms with Crippen molar-refractivity contribution in [3.8, 4) is 10.6 Å². The second-order valence-electron chi connectivity index (χ2n) is 6.26. The number of hydrogen-bond acceptors (Lipinski definition) is 5. The van der Waals surface area contributed by atoms with E-state index in [1.54, 1.807) is 0 Å². The van der Waals surface area contributed by atoms with Gasteiger partial charge in [-0.3, -0.25) is 4.79 Å². The normalized spacial score (nSPS) is 21.4. The van der Waals surface area contributed by atoms with Crippen molar-refractivity contribution in [2.75, 3.05) is 13.1 Å². The van der Waals surface area contributed by atoms with E-state index in [4.69, 9.17) is 0 Å². The summed E-state index contributed by atoms with van der Waals surface area (Å²) >= 11 is 0.811. The predicted molar refractivity (Wildman–Crippen MR) is 84.4 cm³/mol. The molecule has 3 rings (SSSR count). The highest BCUT2D eigenvalue weighted by Crippen LogP contribution is 2.40. The van der Waals surface area contributed by atoms with Crippen LogP contribution in [0.4, 0.5) is 26.3 Å². The maximum Gasteiger partial charge on any atom is 0.452 e. The first-order valence-corrected chi connectivity index (χ1v) is 8.77. The Kier molecular flexibility index (Phi) is 5.10. The molecule has 148 valence electrons. The Labute approximate surface area is 153 Å². The Morgan fingerprint density at radius 3 is 2.56 bits per heavy atom. The number of rotatable bonds is 3. The first kappa shape index (κ1) is 19.9. The van der Waals surface area contributed by atoms with Gasteiger partial charge in [0.2, 0.25) is 5.76 Å². The van der Waals surface area contributed by atoms with Crippen molar-refractivity contribution >= 4 is 17.1 Å². The monoisotopic (exact) mass is 412 g/mol. The number of carbonyl (C=O) groups is 1. The molecule has 0 saturated carbocycles. The molecule has 4 nitrogen and oxygen atoms in total.